The van der Waals surface area contributed by atoms with E-state index in [1.165, 1.54) is 12.1 Å². The summed E-state index contributed by atoms with van der Waals surface area (Å²) in [5, 5.41) is 13.7. The zero-order valence-electron chi connectivity index (χ0n) is 11.2. The van der Waals surface area contributed by atoms with Crippen LogP contribution in [0.5, 0.6) is 0 Å². The van der Waals surface area contributed by atoms with Crippen molar-refractivity contribution in [3.8, 4) is 0 Å². The molecule has 0 radical (unpaired) electrons. The van der Waals surface area contributed by atoms with Crippen molar-refractivity contribution in [2.45, 2.75) is 6.42 Å². The minimum absolute atomic E-state index is 0.122. The molecule has 0 bridgehead atoms. The molecule has 21 heavy (non-hydrogen) atoms. The summed E-state index contributed by atoms with van der Waals surface area (Å²) >= 11 is 0. The standard InChI is InChI=1S/C11H14N4O5S/c1-21(18,19)13-7-3-6-12-11-14-10-8(15(16)17)4-2-5-9(10)20-11/h2,4-5,13H,3,6-7H2,1H3,(H,12,14). The molecule has 0 aliphatic rings. The zero-order chi connectivity index (χ0) is 15.5. The lowest BCUT2D eigenvalue weighted by Crippen LogP contribution is -2.24. The summed E-state index contributed by atoms with van der Waals surface area (Å²) in [4.78, 5) is 14.4. The summed E-state index contributed by atoms with van der Waals surface area (Å²) in [6.45, 7) is 0.704. The van der Waals surface area contributed by atoms with Crippen molar-refractivity contribution in [3.63, 3.8) is 0 Å². The molecule has 0 amide bonds. The number of rotatable bonds is 7. The largest absolute Gasteiger partial charge is 0.423 e. The van der Waals surface area contributed by atoms with E-state index in [2.05, 4.69) is 15.0 Å². The molecule has 0 aliphatic heterocycles. The van der Waals surface area contributed by atoms with Crippen molar-refractivity contribution in [3.05, 3.63) is 28.3 Å². The SMILES string of the molecule is CS(=O)(=O)NCCCNc1nc2c([N+](=O)[O-])cccc2o1. The number of nitro groups is 1. The number of nitrogens with one attached hydrogen (secondary N) is 2. The number of nitrogens with zero attached hydrogens (tertiary/aromatic N) is 2. The molecule has 1 heterocycles. The number of oxazole rings is 1. The van der Waals surface area contributed by atoms with Crippen LogP contribution in [0.3, 0.4) is 0 Å². The van der Waals surface area contributed by atoms with Crippen molar-refractivity contribution < 1.29 is 17.8 Å². The number of para-hydroxylation sites is 1. The van der Waals surface area contributed by atoms with Crippen LogP contribution in [0, 0.1) is 10.1 Å². The summed E-state index contributed by atoms with van der Waals surface area (Å²) in [6, 6.07) is 4.63. The molecule has 2 aromatic rings. The van der Waals surface area contributed by atoms with Crippen LogP contribution in [0.1, 0.15) is 6.42 Å². The molecule has 114 valence electrons. The van der Waals surface area contributed by atoms with E-state index in [1.54, 1.807) is 6.07 Å². The summed E-state index contributed by atoms with van der Waals surface area (Å²) in [5.41, 5.74) is 0.378. The predicted octanol–water partition coefficient (Wildman–Crippen LogP) is 1.09. The lowest BCUT2D eigenvalue weighted by molar-refractivity contribution is -0.383. The average Bonchev–Trinajstić information content (AvgIpc) is 2.79. The highest BCUT2D eigenvalue weighted by Gasteiger charge is 2.16. The fourth-order valence-corrected chi connectivity index (χ4v) is 2.21. The second kappa shape index (κ2) is 6.06. The summed E-state index contributed by atoms with van der Waals surface area (Å²) in [6.07, 6.45) is 1.61. The molecule has 0 saturated carbocycles. The van der Waals surface area contributed by atoms with Crippen molar-refractivity contribution in [1.29, 1.82) is 0 Å². The quantitative estimate of drug-likeness (QED) is 0.444. The number of sulfonamides is 1. The monoisotopic (exact) mass is 314 g/mol. The van der Waals surface area contributed by atoms with Crippen LogP contribution in [0.4, 0.5) is 11.7 Å². The van der Waals surface area contributed by atoms with E-state index in [0.29, 0.717) is 18.5 Å². The van der Waals surface area contributed by atoms with Crippen LogP contribution < -0.4 is 10.0 Å². The Kier molecular flexibility index (Phi) is 4.38. The van der Waals surface area contributed by atoms with Crippen LogP contribution >= 0.6 is 0 Å². The highest BCUT2D eigenvalue weighted by atomic mass is 32.2. The smallest absolute Gasteiger partial charge is 0.298 e. The van der Waals surface area contributed by atoms with Crippen LogP contribution in [-0.4, -0.2) is 37.7 Å². The number of anilines is 1. The lowest BCUT2D eigenvalue weighted by Gasteiger charge is -2.02. The number of hydrogen-bond donors (Lipinski definition) is 2. The first-order valence-corrected chi connectivity index (χ1v) is 7.98. The van der Waals surface area contributed by atoms with E-state index in [4.69, 9.17) is 4.42 Å². The molecule has 0 fully saturated rings. The van der Waals surface area contributed by atoms with Gasteiger partial charge in [0.2, 0.25) is 10.0 Å². The Labute approximate surface area is 120 Å². The second-order valence-corrected chi connectivity index (χ2v) is 6.18. The van der Waals surface area contributed by atoms with Gasteiger partial charge in [0.15, 0.2) is 11.1 Å². The maximum absolute atomic E-state index is 10.9. The molecule has 0 saturated heterocycles. The Morgan fingerprint density at radius 3 is 2.81 bits per heavy atom. The Morgan fingerprint density at radius 2 is 2.14 bits per heavy atom. The van der Waals surface area contributed by atoms with Crippen molar-refractivity contribution in [2.75, 3.05) is 24.7 Å². The molecule has 10 heteroatoms. The van der Waals surface area contributed by atoms with Gasteiger partial charge in [0.05, 0.1) is 11.2 Å². The first-order valence-electron chi connectivity index (χ1n) is 6.09. The Hall–Kier alpha value is -2.20. The molecule has 0 aliphatic carbocycles. The molecule has 0 spiro atoms. The number of hydrogen-bond acceptors (Lipinski definition) is 7. The van der Waals surface area contributed by atoms with Crippen LogP contribution in [-0.2, 0) is 10.0 Å². The van der Waals surface area contributed by atoms with Gasteiger partial charge in [-0.25, -0.2) is 13.1 Å². The van der Waals surface area contributed by atoms with Gasteiger partial charge < -0.3 is 9.73 Å². The first kappa shape index (κ1) is 15.2. The molecule has 0 atom stereocenters. The highest BCUT2D eigenvalue weighted by Crippen LogP contribution is 2.27. The molecule has 0 unspecified atom stereocenters. The Bertz CT molecular complexity index is 755. The number of benzene rings is 1. The molecule has 2 rings (SSSR count). The van der Waals surface area contributed by atoms with E-state index in [0.717, 1.165) is 6.26 Å². The third-order valence-corrected chi connectivity index (χ3v) is 3.32. The van der Waals surface area contributed by atoms with Gasteiger partial charge in [0.25, 0.3) is 11.7 Å². The fourth-order valence-electron chi connectivity index (χ4n) is 1.70. The molecule has 2 N–H and O–H groups in total. The van der Waals surface area contributed by atoms with Gasteiger partial charge in [-0.3, -0.25) is 10.1 Å². The topological polar surface area (TPSA) is 127 Å². The molecule has 9 nitrogen and oxygen atoms in total. The molecular formula is C11H14N4O5S. The van der Waals surface area contributed by atoms with E-state index in [9.17, 15) is 18.5 Å². The summed E-state index contributed by atoms with van der Waals surface area (Å²) in [7, 11) is -3.20. The van der Waals surface area contributed by atoms with E-state index in [-0.39, 0.29) is 23.8 Å². The van der Waals surface area contributed by atoms with Crippen LogP contribution in [0.15, 0.2) is 22.6 Å². The second-order valence-electron chi connectivity index (χ2n) is 4.35. The Morgan fingerprint density at radius 1 is 1.38 bits per heavy atom. The first-order chi connectivity index (χ1) is 9.87. The third kappa shape index (κ3) is 4.13. The minimum Gasteiger partial charge on any atom is -0.423 e. The Balaban J connectivity index is 1.97. The number of aromatic nitrogens is 1. The van der Waals surface area contributed by atoms with Crippen LogP contribution in [0.2, 0.25) is 0 Å². The number of nitro benzene ring substituents is 1. The summed E-state index contributed by atoms with van der Waals surface area (Å²) < 4.78 is 29.4. The molecule has 1 aromatic heterocycles. The number of non-ortho nitro benzene ring substituents is 1. The van der Waals surface area contributed by atoms with Gasteiger partial charge in [-0.15, -0.1) is 0 Å². The maximum atomic E-state index is 10.9. The number of fused-ring (bicyclic) bond motifs is 1. The zero-order valence-corrected chi connectivity index (χ0v) is 12.0. The van der Waals surface area contributed by atoms with Crippen molar-refractivity contribution in [1.82, 2.24) is 9.71 Å². The highest BCUT2D eigenvalue weighted by molar-refractivity contribution is 7.88. The van der Waals surface area contributed by atoms with Gasteiger partial charge in [-0.05, 0) is 12.5 Å². The van der Waals surface area contributed by atoms with E-state index < -0.39 is 14.9 Å². The summed E-state index contributed by atoms with van der Waals surface area (Å²) in [5.74, 6) is 0. The van der Waals surface area contributed by atoms with Crippen molar-refractivity contribution >= 4 is 32.8 Å². The maximum Gasteiger partial charge on any atom is 0.298 e. The van der Waals surface area contributed by atoms with E-state index >= 15 is 0 Å². The van der Waals surface area contributed by atoms with Gasteiger partial charge in [-0.2, -0.15) is 4.98 Å². The average molecular weight is 314 g/mol. The normalized spacial score (nSPS) is 11.7. The third-order valence-electron chi connectivity index (χ3n) is 2.59. The van der Waals surface area contributed by atoms with Crippen molar-refractivity contribution in [2.24, 2.45) is 0 Å². The van der Waals surface area contributed by atoms with Gasteiger partial charge >= 0.3 is 0 Å². The molecule has 1 aromatic carbocycles. The minimum atomic E-state index is -3.20. The van der Waals surface area contributed by atoms with Gasteiger partial charge in [-0.1, -0.05) is 6.07 Å². The molecular weight excluding hydrogens is 300 g/mol. The predicted molar refractivity (Wildman–Crippen MR) is 76.6 cm³/mol. The van der Waals surface area contributed by atoms with Gasteiger partial charge in [0.1, 0.15) is 0 Å². The van der Waals surface area contributed by atoms with E-state index in [1.807, 2.05) is 0 Å². The lowest BCUT2D eigenvalue weighted by atomic mass is 10.3. The fraction of sp³-hybridized carbons (Fsp3) is 0.364. The van der Waals surface area contributed by atoms with Crippen LogP contribution in [0.25, 0.3) is 11.1 Å². The van der Waals surface area contributed by atoms with Gasteiger partial charge in [0, 0.05) is 19.2 Å².